The third-order valence-electron chi connectivity index (χ3n) is 2.32. The lowest BCUT2D eigenvalue weighted by molar-refractivity contribution is -0.113. The predicted molar refractivity (Wildman–Crippen MR) is 67.1 cm³/mol. The van der Waals surface area contributed by atoms with Gasteiger partial charge in [0.2, 0.25) is 5.24 Å². The van der Waals surface area contributed by atoms with Crippen molar-refractivity contribution in [2.75, 3.05) is 0 Å². The van der Waals surface area contributed by atoms with Gasteiger partial charge in [-0.05, 0) is 31.0 Å². The number of carbonyl (C=O) groups excluding carboxylic acids is 1. The summed E-state index contributed by atoms with van der Waals surface area (Å²) in [7, 11) is 0. The zero-order valence-corrected chi connectivity index (χ0v) is 10.1. The number of halogens is 1. The van der Waals surface area contributed by atoms with Gasteiger partial charge >= 0.3 is 0 Å². The summed E-state index contributed by atoms with van der Waals surface area (Å²) in [6.07, 6.45) is 1.70. The Kier molecular flexibility index (Phi) is 4.65. The second-order valence-corrected chi connectivity index (χ2v) is 4.13. The first-order chi connectivity index (χ1) is 7.50. The molecule has 3 nitrogen and oxygen atoms in total. The third-order valence-corrected chi connectivity index (χ3v) is 2.57. The van der Waals surface area contributed by atoms with Crippen molar-refractivity contribution >= 4 is 23.1 Å². The Bertz CT molecular complexity index is 387. The smallest absolute Gasteiger partial charge is 0.240 e. The van der Waals surface area contributed by atoms with E-state index < -0.39 is 11.3 Å². The minimum Gasteiger partial charge on any atom is -0.319 e. The molecule has 16 heavy (non-hydrogen) atoms. The van der Waals surface area contributed by atoms with Crippen molar-refractivity contribution < 1.29 is 4.79 Å². The van der Waals surface area contributed by atoms with Crippen LogP contribution in [-0.2, 0) is 4.79 Å². The van der Waals surface area contributed by atoms with Gasteiger partial charge in [0.25, 0.3) is 0 Å². The number of nitrogens with zero attached hydrogens (tertiary/aromatic N) is 1. The Balaban J connectivity index is 2.66. The Hall–Kier alpha value is -1.19. The molecule has 2 atom stereocenters. The van der Waals surface area contributed by atoms with Crippen LogP contribution >= 0.6 is 11.6 Å². The van der Waals surface area contributed by atoms with Gasteiger partial charge in [-0.15, -0.1) is 0 Å². The van der Waals surface area contributed by atoms with Gasteiger partial charge < -0.3 is 5.73 Å². The van der Waals surface area contributed by atoms with E-state index in [1.807, 2.05) is 31.2 Å². The molecule has 1 aromatic carbocycles. The Labute approximate surface area is 100 Å². The summed E-state index contributed by atoms with van der Waals surface area (Å²) in [5.41, 5.74) is 7.72. The monoisotopic (exact) mass is 238 g/mol. The van der Waals surface area contributed by atoms with Gasteiger partial charge in [-0.3, -0.25) is 9.79 Å². The zero-order chi connectivity index (χ0) is 12.1. The highest BCUT2D eigenvalue weighted by Crippen LogP contribution is 2.03. The van der Waals surface area contributed by atoms with Crippen LogP contribution in [0, 0.1) is 6.92 Å². The van der Waals surface area contributed by atoms with Gasteiger partial charge in [0.1, 0.15) is 6.04 Å². The van der Waals surface area contributed by atoms with Crippen LogP contribution < -0.4 is 5.73 Å². The maximum atomic E-state index is 10.8. The average molecular weight is 239 g/mol. The van der Waals surface area contributed by atoms with Crippen molar-refractivity contribution in [3.05, 3.63) is 35.4 Å². The van der Waals surface area contributed by atoms with E-state index in [2.05, 4.69) is 4.99 Å². The van der Waals surface area contributed by atoms with Crippen LogP contribution in [0.25, 0.3) is 0 Å². The lowest BCUT2D eigenvalue weighted by Crippen LogP contribution is -2.36. The largest absolute Gasteiger partial charge is 0.319 e. The fourth-order valence-corrected chi connectivity index (χ4v) is 1.32. The quantitative estimate of drug-likeness (QED) is 0.643. The second-order valence-electron chi connectivity index (χ2n) is 3.76. The van der Waals surface area contributed by atoms with Crippen LogP contribution in [0.15, 0.2) is 29.3 Å². The summed E-state index contributed by atoms with van der Waals surface area (Å²) in [5, 5.41) is -0.562. The molecule has 86 valence electrons. The van der Waals surface area contributed by atoms with E-state index in [0.717, 1.165) is 5.56 Å². The van der Waals surface area contributed by atoms with E-state index in [-0.39, 0.29) is 6.04 Å². The molecule has 0 aliphatic rings. The van der Waals surface area contributed by atoms with Crippen molar-refractivity contribution in [2.24, 2.45) is 10.7 Å². The van der Waals surface area contributed by atoms with Crippen molar-refractivity contribution in [1.29, 1.82) is 0 Å². The van der Waals surface area contributed by atoms with Crippen molar-refractivity contribution in [2.45, 2.75) is 25.9 Å². The van der Waals surface area contributed by atoms with E-state index in [0.29, 0.717) is 0 Å². The van der Waals surface area contributed by atoms with Crippen molar-refractivity contribution in [1.82, 2.24) is 0 Å². The Morgan fingerprint density at radius 2 is 2.00 bits per heavy atom. The lowest BCUT2D eigenvalue weighted by atomic mass is 10.1. The molecular formula is C12H15ClN2O. The maximum absolute atomic E-state index is 10.8. The summed E-state index contributed by atoms with van der Waals surface area (Å²) in [5.74, 6) is 0. The van der Waals surface area contributed by atoms with Crippen molar-refractivity contribution in [3.63, 3.8) is 0 Å². The van der Waals surface area contributed by atoms with Gasteiger partial charge in [0.05, 0.1) is 6.04 Å². The Morgan fingerprint density at radius 3 is 2.50 bits per heavy atom. The van der Waals surface area contributed by atoms with E-state index >= 15 is 0 Å². The van der Waals surface area contributed by atoms with Gasteiger partial charge in [-0.25, -0.2) is 0 Å². The summed E-state index contributed by atoms with van der Waals surface area (Å²) in [6, 6.07) is 6.85. The molecule has 0 aliphatic heterocycles. The number of aliphatic imine (C=N–C) groups is 1. The minimum absolute atomic E-state index is 0.314. The first-order valence-corrected chi connectivity index (χ1v) is 5.43. The first kappa shape index (κ1) is 12.9. The van der Waals surface area contributed by atoms with Gasteiger partial charge in [-0.1, -0.05) is 29.8 Å². The standard InChI is InChI=1S/C12H15ClN2O/c1-8-3-5-10(6-4-8)7-15-9(2)11(14)12(13)16/h3-7,9,11H,14H2,1-2H3. The number of aryl methyl sites for hydroxylation is 1. The van der Waals surface area contributed by atoms with Crippen LogP contribution in [0.5, 0.6) is 0 Å². The number of benzene rings is 1. The van der Waals surface area contributed by atoms with E-state index in [1.165, 1.54) is 5.56 Å². The molecule has 0 aromatic heterocycles. The second kappa shape index (κ2) is 5.77. The highest BCUT2D eigenvalue weighted by molar-refractivity contribution is 6.64. The fraction of sp³-hybridized carbons (Fsp3) is 0.333. The van der Waals surface area contributed by atoms with Crippen LogP contribution in [0.2, 0.25) is 0 Å². The van der Waals surface area contributed by atoms with Crippen LogP contribution in [0.1, 0.15) is 18.1 Å². The predicted octanol–water partition coefficient (Wildman–Crippen LogP) is 1.90. The highest BCUT2D eigenvalue weighted by Gasteiger charge is 2.17. The molecule has 0 saturated heterocycles. The van der Waals surface area contributed by atoms with Gasteiger partial charge in [0, 0.05) is 6.21 Å². The minimum atomic E-state index is -0.747. The molecule has 0 aliphatic carbocycles. The number of hydrogen-bond acceptors (Lipinski definition) is 3. The van der Waals surface area contributed by atoms with E-state index in [9.17, 15) is 4.79 Å². The van der Waals surface area contributed by atoms with Crippen LogP contribution in [0.4, 0.5) is 0 Å². The fourth-order valence-electron chi connectivity index (χ4n) is 1.14. The van der Waals surface area contributed by atoms with Gasteiger partial charge in [-0.2, -0.15) is 0 Å². The number of rotatable bonds is 4. The lowest BCUT2D eigenvalue weighted by Gasteiger charge is -2.10. The highest BCUT2D eigenvalue weighted by atomic mass is 35.5. The number of nitrogens with two attached hydrogens (primary N) is 1. The molecule has 0 saturated carbocycles. The molecular weight excluding hydrogens is 224 g/mol. The average Bonchev–Trinajstić information content (AvgIpc) is 2.26. The molecule has 0 amide bonds. The topological polar surface area (TPSA) is 55.4 Å². The number of carbonyl (C=O) groups is 1. The van der Waals surface area contributed by atoms with Crippen LogP contribution in [-0.4, -0.2) is 23.5 Å². The van der Waals surface area contributed by atoms with Crippen molar-refractivity contribution in [3.8, 4) is 0 Å². The Morgan fingerprint density at radius 1 is 1.44 bits per heavy atom. The van der Waals surface area contributed by atoms with Gasteiger partial charge in [0.15, 0.2) is 0 Å². The summed E-state index contributed by atoms with van der Waals surface area (Å²) in [4.78, 5) is 15.0. The van der Waals surface area contributed by atoms with E-state index in [1.54, 1.807) is 13.1 Å². The normalized spacial score (nSPS) is 15.0. The summed E-state index contributed by atoms with van der Waals surface area (Å²) < 4.78 is 0. The molecule has 0 radical (unpaired) electrons. The first-order valence-electron chi connectivity index (χ1n) is 5.05. The molecule has 0 heterocycles. The number of hydrogen-bond donors (Lipinski definition) is 1. The molecule has 2 N–H and O–H groups in total. The molecule has 2 unspecified atom stereocenters. The molecule has 0 bridgehead atoms. The summed E-state index contributed by atoms with van der Waals surface area (Å²) in [6.45, 7) is 3.78. The zero-order valence-electron chi connectivity index (χ0n) is 9.35. The molecule has 4 heteroatoms. The summed E-state index contributed by atoms with van der Waals surface area (Å²) >= 11 is 5.29. The van der Waals surface area contributed by atoms with E-state index in [4.69, 9.17) is 17.3 Å². The maximum Gasteiger partial charge on any atom is 0.240 e. The molecule has 1 aromatic rings. The molecule has 0 spiro atoms. The molecule has 1 rings (SSSR count). The third kappa shape index (κ3) is 3.76. The van der Waals surface area contributed by atoms with Crippen LogP contribution in [0.3, 0.4) is 0 Å². The molecule has 0 fully saturated rings. The SMILES string of the molecule is Cc1ccc(C=NC(C)C(N)C(=O)Cl)cc1.